The lowest BCUT2D eigenvalue weighted by Crippen LogP contribution is -2.38. The molecule has 3 aliphatic rings. The van der Waals surface area contributed by atoms with Crippen molar-refractivity contribution in [2.24, 2.45) is 17.6 Å². The van der Waals surface area contributed by atoms with Gasteiger partial charge in [-0.25, -0.2) is 13.6 Å². The Labute approximate surface area is 171 Å². The molecule has 3 atom stereocenters. The quantitative estimate of drug-likeness (QED) is 0.660. The molecule has 1 aromatic heterocycles. The monoisotopic (exact) mass is 418 g/mol. The largest absolute Gasteiger partial charge is 0.477 e. The van der Waals surface area contributed by atoms with Gasteiger partial charge in [0.05, 0.1) is 16.6 Å². The minimum atomic E-state index is -1.45. The minimum Gasteiger partial charge on any atom is -0.477 e. The number of carboxylic acid groups (broad SMARTS) is 1. The predicted octanol–water partition coefficient (Wildman–Crippen LogP) is 2.46. The number of rotatable bonds is 3. The molecule has 9 heteroatoms. The van der Waals surface area contributed by atoms with Gasteiger partial charge in [-0.15, -0.1) is 0 Å². The van der Waals surface area contributed by atoms with Gasteiger partial charge in [0.1, 0.15) is 11.3 Å². The van der Waals surface area contributed by atoms with Crippen molar-refractivity contribution >= 4 is 28.2 Å². The van der Waals surface area contributed by atoms with E-state index in [1.165, 1.54) is 4.57 Å². The fourth-order valence-corrected chi connectivity index (χ4v) is 5.32. The number of aromatic nitrogens is 1. The molecule has 5 N–H and O–H groups in total. The maximum absolute atomic E-state index is 15.8. The first-order valence-electron chi connectivity index (χ1n) is 10.4. The summed E-state index contributed by atoms with van der Waals surface area (Å²) in [4.78, 5) is 25.9. The minimum absolute atomic E-state index is 0.000412. The van der Waals surface area contributed by atoms with Gasteiger partial charge in [-0.3, -0.25) is 4.79 Å². The molecule has 2 aliphatic carbocycles. The normalized spacial score (nSPS) is 26.2. The van der Waals surface area contributed by atoms with E-state index < -0.39 is 39.7 Å². The second-order valence-electron chi connectivity index (χ2n) is 8.85. The molecule has 2 heterocycles. The summed E-state index contributed by atoms with van der Waals surface area (Å²) < 4.78 is 32.6. The number of benzene rings is 1. The molecule has 2 aromatic rings. The van der Waals surface area contributed by atoms with E-state index in [-0.39, 0.29) is 35.1 Å². The third-order valence-corrected chi connectivity index (χ3v) is 7.01. The van der Waals surface area contributed by atoms with Crippen LogP contribution in [0.4, 0.5) is 20.2 Å². The molecule has 1 aliphatic heterocycles. The molecule has 0 amide bonds. The van der Waals surface area contributed by atoms with Crippen LogP contribution >= 0.6 is 0 Å². The molecule has 5 rings (SSSR count). The van der Waals surface area contributed by atoms with Gasteiger partial charge in [0.25, 0.3) is 0 Å². The number of aromatic carboxylic acids is 1. The molecule has 2 saturated carbocycles. The third kappa shape index (κ3) is 2.71. The highest BCUT2D eigenvalue weighted by Gasteiger charge is 2.41. The summed E-state index contributed by atoms with van der Waals surface area (Å²) in [6.07, 6.45) is 5.49. The summed E-state index contributed by atoms with van der Waals surface area (Å²) >= 11 is 0. The first kappa shape index (κ1) is 19.3. The third-order valence-electron chi connectivity index (χ3n) is 7.01. The van der Waals surface area contributed by atoms with Gasteiger partial charge < -0.3 is 26.0 Å². The fourth-order valence-electron chi connectivity index (χ4n) is 5.32. The number of hydrogen-bond donors (Lipinski definition) is 3. The maximum atomic E-state index is 15.8. The van der Waals surface area contributed by atoms with E-state index in [0.29, 0.717) is 13.1 Å². The molecule has 7 nitrogen and oxygen atoms in total. The van der Waals surface area contributed by atoms with E-state index in [2.05, 4.69) is 0 Å². The number of nitrogen functional groups attached to an aromatic ring is 1. The average Bonchev–Trinajstić information content (AvgIpc) is 3.45. The zero-order chi connectivity index (χ0) is 21.3. The van der Waals surface area contributed by atoms with E-state index in [1.807, 2.05) is 0 Å². The first-order valence-corrected chi connectivity index (χ1v) is 10.4. The number of pyridine rings is 1. The zero-order valence-corrected chi connectivity index (χ0v) is 16.4. The van der Waals surface area contributed by atoms with Crippen LogP contribution in [0.25, 0.3) is 10.9 Å². The van der Waals surface area contributed by atoms with Gasteiger partial charge in [-0.1, -0.05) is 6.42 Å². The summed E-state index contributed by atoms with van der Waals surface area (Å²) in [6, 6.07) is -0.131. The summed E-state index contributed by atoms with van der Waals surface area (Å²) in [5, 5.41) is 9.00. The SMILES string of the molecule is Nc1c(F)c(N2C[C@@H]3CCC[C@@H](N)[C@@H]3C2)c(F)c2c1c(=O)c(C(=O)O)cn2C1CC1. The van der Waals surface area contributed by atoms with Crippen LogP contribution in [0.15, 0.2) is 11.0 Å². The van der Waals surface area contributed by atoms with Crippen LogP contribution in [-0.2, 0) is 0 Å². The lowest BCUT2D eigenvalue weighted by Gasteiger charge is -2.29. The van der Waals surface area contributed by atoms with Crippen LogP contribution < -0.4 is 21.8 Å². The van der Waals surface area contributed by atoms with Crippen molar-refractivity contribution in [2.45, 2.75) is 44.2 Å². The molecule has 0 radical (unpaired) electrons. The Morgan fingerprint density at radius 2 is 1.87 bits per heavy atom. The Hall–Kier alpha value is -2.68. The maximum Gasteiger partial charge on any atom is 0.341 e. The number of halogens is 2. The Balaban J connectivity index is 1.73. The Morgan fingerprint density at radius 1 is 1.13 bits per heavy atom. The number of nitrogens with zero attached hydrogens (tertiary/aromatic N) is 2. The Kier molecular flexibility index (Phi) is 4.29. The topological polar surface area (TPSA) is 115 Å². The molecule has 0 spiro atoms. The fraction of sp³-hybridized carbons (Fsp3) is 0.524. The summed E-state index contributed by atoms with van der Waals surface area (Å²) in [7, 11) is 0. The standard InChI is InChI=1S/C21H24F2N4O3/c22-15-17(25)14-18(27(10-4-5-10)8-12(20(14)28)21(29)30)16(23)19(15)26-6-9-2-1-3-13(24)11(9)7-26/h8-11,13H,1-7,24-25H2,(H,29,30)/t9-,11+,13+/m0/s1. The van der Waals surface area contributed by atoms with E-state index in [4.69, 9.17) is 11.5 Å². The van der Waals surface area contributed by atoms with Crippen LogP contribution in [-0.4, -0.2) is 34.8 Å². The van der Waals surface area contributed by atoms with Crippen molar-refractivity contribution in [3.63, 3.8) is 0 Å². The van der Waals surface area contributed by atoms with Gasteiger partial charge in [0, 0.05) is 31.4 Å². The summed E-state index contributed by atoms with van der Waals surface area (Å²) in [5.74, 6) is -2.88. The van der Waals surface area contributed by atoms with E-state index in [0.717, 1.165) is 38.3 Å². The van der Waals surface area contributed by atoms with E-state index in [9.17, 15) is 14.7 Å². The van der Waals surface area contributed by atoms with Crippen LogP contribution in [0, 0.1) is 23.5 Å². The smallest absolute Gasteiger partial charge is 0.341 e. The van der Waals surface area contributed by atoms with Gasteiger partial charge in [0.15, 0.2) is 11.6 Å². The van der Waals surface area contributed by atoms with Crippen LogP contribution in [0.2, 0.25) is 0 Å². The van der Waals surface area contributed by atoms with Gasteiger partial charge in [-0.05, 0) is 37.5 Å². The second kappa shape index (κ2) is 6.66. The zero-order valence-electron chi connectivity index (χ0n) is 16.4. The number of nitrogens with two attached hydrogens (primary N) is 2. The number of anilines is 2. The van der Waals surface area contributed by atoms with Gasteiger partial charge in [0.2, 0.25) is 5.43 Å². The predicted molar refractivity (Wildman–Crippen MR) is 109 cm³/mol. The molecule has 0 bridgehead atoms. The van der Waals surface area contributed by atoms with E-state index >= 15 is 8.78 Å². The average molecular weight is 418 g/mol. The molecule has 1 aromatic carbocycles. The number of carboxylic acids is 1. The molecule has 160 valence electrons. The highest BCUT2D eigenvalue weighted by Crippen LogP contribution is 2.44. The van der Waals surface area contributed by atoms with Gasteiger partial charge in [-0.2, -0.15) is 0 Å². The highest BCUT2D eigenvalue weighted by atomic mass is 19.1. The molecular formula is C21H24F2N4O3. The van der Waals surface area contributed by atoms with Crippen LogP contribution in [0.3, 0.4) is 0 Å². The van der Waals surface area contributed by atoms with Crippen molar-refractivity contribution in [2.75, 3.05) is 23.7 Å². The van der Waals surface area contributed by atoms with E-state index in [1.54, 1.807) is 4.90 Å². The Morgan fingerprint density at radius 3 is 2.50 bits per heavy atom. The highest BCUT2D eigenvalue weighted by molar-refractivity contribution is 5.99. The first-order chi connectivity index (χ1) is 14.3. The second-order valence-corrected chi connectivity index (χ2v) is 8.85. The lowest BCUT2D eigenvalue weighted by molar-refractivity contribution is 0.0695. The molecule has 3 fully saturated rings. The van der Waals surface area contributed by atoms with Crippen molar-refractivity contribution in [3.8, 4) is 0 Å². The summed E-state index contributed by atoms with van der Waals surface area (Å²) in [6.45, 7) is 0.920. The van der Waals surface area contributed by atoms with Crippen LogP contribution in [0.1, 0.15) is 48.5 Å². The van der Waals surface area contributed by atoms with Crippen LogP contribution in [0.5, 0.6) is 0 Å². The molecule has 1 saturated heterocycles. The number of fused-ring (bicyclic) bond motifs is 2. The van der Waals surface area contributed by atoms with Crippen molar-refractivity contribution in [1.82, 2.24) is 4.57 Å². The lowest BCUT2D eigenvalue weighted by atomic mass is 9.78. The summed E-state index contributed by atoms with van der Waals surface area (Å²) in [5.41, 5.74) is 9.90. The molecular weight excluding hydrogens is 394 g/mol. The van der Waals surface area contributed by atoms with Crippen molar-refractivity contribution in [1.29, 1.82) is 0 Å². The molecule has 0 unspecified atom stereocenters. The number of carbonyl (C=O) groups is 1. The molecule has 30 heavy (non-hydrogen) atoms. The van der Waals surface area contributed by atoms with Gasteiger partial charge >= 0.3 is 5.97 Å². The van der Waals surface area contributed by atoms with Crippen molar-refractivity contribution < 1.29 is 18.7 Å². The Bertz CT molecular complexity index is 1130. The number of hydrogen-bond acceptors (Lipinski definition) is 5. The van der Waals surface area contributed by atoms with Crippen molar-refractivity contribution in [3.05, 3.63) is 33.6 Å².